The van der Waals surface area contributed by atoms with Gasteiger partial charge in [0.05, 0.1) is 0 Å². The van der Waals surface area contributed by atoms with E-state index in [2.05, 4.69) is 12.2 Å². The molecule has 1 aromatic rings. The molecule has 90 valence electrons. The average molecular weight is 225 g/mol. The highest BCUT2D eigenvalue weighted by Gasteiger charge is 2.08. The summed E-state index contributed by atoms with van der Waals surface area (Å²) in [5.41, 5.74) is 1.01. The molecular formula is C13H20FNO. The summed E-state index contributed by atoms with van der Waals surface area (Å²) in [6.45, 7) is 3.74. The van der Waals surface area contributed by atoms with E-state index in [1.807, 2.05) is 6.07 Å². The smallest absolute Gasteiger partial charge is 0.123 e. The molecule has 1 rings (SSSR count). The molecule has 0 bridgehead atoms. The van der Waals surface area contributed by atoms with E-state index in [0.29, 0.717) is 0 Å². The Bertz CT molecular complexity index is 304. The maximum absolute atomic E-state index is 13.1. The molecule has 0 heterocycles. The normalized spacial score (nSPS) is 12.7. The third-order valence-corrected chi connectivity index (χ3v) is 2.58. The topological polar surface area (TPSA) is 21.3 Å². The molecule has 0 aliphatic heterocycles. The summed E-state index contributed by atoms with van der Waals surface area (Å²) in [4.78, 5) is 0. The molecule has 1 atom stereocenters. The number of benzene rings is 1. The molecule has 1 unspecified atom stereocenters. The first-order valence-corrected chi connectivity index (χ1v) is 5.75. The number of hydrogen-bond donors (Lipinski definition) is 1. The third kappa shape index (κ3) is 4.29. The summed E-state index contributed by atoms with van der Waals surface area (Å²) in [5.74, 6) is -0.172. The molecule has 16 heavy (non-hydrogen) atoms. The first-order chi connectivity index (χ1) is 7.77. The monoisotopic (exact) mass is 225 g/mol. The van der Waals surface area contributed by atoms with Gasteiger partial charge in [-0.2, -0.15) is 0 Å². The molecular weight excluding hydrogens is 205 g/mol. The molecule has 1 aromatic carbocycles. The minimum atomic E-state index is -0.172. The van der Waals surface area contributed by atoms with Gasteiger partial charge in [0.15, 0.2) is 0 Å². The maximum atomic E-state index is 13.1. The fourth-order valence-electron chi connectivity index (χ4n) is 1.71. The molecule has 1 N–H and O–H groups in total. The lowest BCUT2D eigenvalue weighted by Crippen LogP contribution is -2.22. The van der Waals surface area contributed by atoms with E-state index in [4.69, 9.17) is 4.74 Å². The van der Waals surface area contributed by atoms with E-state index in [0.717, 1.165) is 31.6 Å². The minimum absolute atomic E-state index is 0.172. The van der Waals surface area contributed by atoms with Crippen LogP contribution in [-0.4, -0.2) is 20.3 Å². The Labute approximate surface area is 96.8 Å². The van der Waals surface area contributed by atoms with Crippen molar-refractivity contribution >= 4 is 0 Å². The van der Waals surface area contributed by atoms with E-state index in [-0.39, 0.29) is 11.9 Å². The first-order valence-electron chi connectivity index (χ1n) is 5.75. The van der Waals surface area contributed by atoms with Crippen LogP contribution < -0.4 is 5.32 Å². The molecule has 0 fully saturated rings. The summed E-state index contributed by atoms with van der Waals surface area (Å²) in [6.07, 6.45) is 1.93. The Balaban J connectivity index is 2.47. The number of nitrogens with one attached hydrogen (secondary N) is 1. The summed E-state index contributed by atoms with van der Waals surface area (Å²) < 4.78 is 18.0. The van der Waals surface area contributed by atoms with Gasteiger partial charge >= 0.3 is 0 Å². The van der Waals surface area contributed by atoms with Crippen LogP contribution in [0.2, 0.25) is 0 Å². The number of halogens is 1. The quantitative estimate of drug-likeness (QED) is 0.720. The van der Waals surface area contributed by atoms with Gasteiger partial charge in [-0.25, -0.2) is 4.39 Å². The van der Waals surface area contributed by atoms with Crippen molar-refractivity contribution in [2.75, 3.05) is 20.3 Å². The van der Waals surface area contributed by atoms with Crippen LogP contribution in [0.5, 0.6) is 0 Å². The van der Waals surface area contributed by atoms with Crippen LogP contribution in [0.15, 0.2) is 24.3 Å². The van der Waals surface area contributed by atoms with Crippen molar-refractivity contribution in [2.45, 2.75) is 25.8 Å². The van der Waals surface area contributed by atoms with Crippen LogP contribution in [-0.2, 0) is 4.74 Å². The SMILES string of the molecule is CCC(NCCCOC)c1cccc(F)c1. The molecule has 0 saturated heterocycles. The summed E-state index contributed by atoms with van der Waals surface area (Å²) in [5, 5.41) is 3.40. The van der Waals surface area contributed by atoms with Crippen molar-refractivity contribution in [1.29, 1.82) is 0 Å². The van der Waals surface area contributed by atoms with Gasteiger partial charge < -0.3 is 10.1 Å². The van der Waals surface area contributed by atoms with Crippen LogP contribution in [0.1, 0.15) is 31.4 Å². The van der Waals surface area contributed by atoms with Gasteiger partial charge in [-0.15, -0.1) is 0 Å². The van der Waals surface area contributed by atoms with Crippen LogP contribution in [0.25, 0.3) is 0 Å². The molecule has 0 amide bonds. The van der Waals surface area contributed by atoms with E-state index in [9.17, 15) is 4.39 Å². The number of methoxy groups -OCH3 is 1. The predicted molar refractivity (Wildman–Crippen MR) is 63.9 cm³/mol. The van der Waals surface area contributed by atoms with Crippen LogP contribution in [0.3, 0.4) is 0 Å². The molecule has 0 aromatic heterocycles. The van der Waals surface area contributed by atoms with Gasteiger partial charge in [-0.05, 0) is 37.1 Å². The zero-order valence-corrected chi connectivity index (χ0v) is 10.0. The summed E-state index contributed by atoms with van der Waals surface area (Å²) >= 11 is 0. The van der Waals surface area contributed by atoms with Gasteiger partial charge in [0.25, 0.3) is 0 Å². The van der Waals surface area contributed by atoms with Crippen molar-refractivity contribution < 1.29 is 9.13 Å². The lowest BCUT2D eigenvalue weighted by atomic mass is 10.0. The van der Waals surface area contributed by atoms with Gasteiger partial charge in [-0.1, -0.05) is 19.1 Å². The zero-order valence-electron chi connectivity index (χ0n) is 10.0. The summed E-state index contributed by atoms with van der Waals surface area (Å²) in [6, 6.07) is 7.01. The van der Waals surface area contributed by atoms with Crippen molar-refractivity contribution in [3.63, 3.8) is 0 Å². The van der Waals surface area contributed by atoms with Crippen molar-refractivity contribution in [1.82, 2.24) is 5.32 Å². The Morgan fingerprint density at radius 1 is 1.44 bits per heavy atom. The van der Waals surface area contributed by atoms with Crippen molar-refractivity contribution in [3.05, 3.63) is 35.6 Å². The van der Waals surface area contributed by atoms with Crippen molar-refractivity contribution in [3.8, 4) is 0 Å². The first kappa shape index (κ1) is 13.1. The molecule has 0 saturated carbocycles. The van der Waals surface area contributed by atoms with E-state index >= 15 is 0 Å². The molecule has 0 aliphatic carbocycles. The second kappa shape index (κ2) is 7.36. The van der Waals surface area contributed by atoms with Crippen LogP contribution >= 0.6 is 0 Å². The largest absolute Gasteiger partial charge is 0.385 e. The molecule has 2 nitrogen and oxygen atoms in total. The summed E-state index contributed by atoms with van der Waals surface area (Å²) in [7, 11) is 1.70. The Morgan fingerprint density at radius 2 is 2.25 bits per heavy atom. The van der Waals surface area contributed by atoms with Crippen LogP contribution in [0, 0.1) is 5.82 Å². The third-order valence-electron chi connectivity index (χ3n) is 2.58. The Morgan fingerprint density at radius 3 is 2.88 bits per heavy atom. The molecule has 0 spiro atoms. The highest BCUT2D eigenvalue weighted by Crippen LogP contribution is 2.17. The molecule has 0 radical (unpaired) electrons. The van der Waals surface area contributed by atoms with E-state index < -0.39 is 0 Å². The fourth-order valence-corrected chi connectivity index (χ4v) is 1.71. The number of hydrogen-bond acceptors (Lipinski definition) is 2. The van der Waals surface area contributed by atoms with Gasteiger partial charge in [0.2, 0.25) is 0 Å². The van der Waals surface area contributed by atoms with Crippen LogP contribution in [0.4, 0.5) is 4.39 Å². The number of ether oxygens (including phenoxy) is 1. The fraction of sp³-hybridized carbons (Fsp3) is 0.538. The molecule has 0 aliphatic rings. The molecule has 3 heteroatoms. The lowest BCUT2D eigenvalue weighted by Gasteiger charge is -2.17. The van der Waals surface area contributed by atoms with E-state index in [1.165, 1.54) is 6.07 Å². The lowest BCUT2D eigenvalue weighted by molar-refractivity contribution is 0.193. The Kier molecular flexibility index (Phi) is 6.04. The minimum Gasteiger partial charge on any atom is -0.385 e. The second-order valence-corrected chi connectivity index (χ2v) is 3.82. The van der Waals surface area contributed by atoms with Gasteiger partial charge in [0, 0.05) is 19.8 Å². The predicted octanol–water partition coefficient (Wildman–Crippen LogP) is 2.90. The van der Waals surface area contributed by atoms with Crippen molar-refractivity contribution in [2.24, 2.45) is 0 Å². The standard InChI is InChI=1S/C13H20FNO/c1-3-13(15-8-5-9-16-2)11-6-4-7-12(14)10-11/h4,6-7,10,13,15H,3,5,8-9H2,1-2H3. The second-order valence-electron chi connectivity index (χ2n) is 3.82. The maximum Gasteiger partial charge on any atom is 0.123 e. The highest BCUT2D eigenvalue weighted by molar-refractivity contribution is 5.19. The highest BCUT2D eigenvalue weighted by atomic mass is 19.1. The zero-order chi connectivity index (χ0) is 11.8. The number of rotatable bonds is 7. The van der Waals surface area contributed by atoms with Gasteiger partial charge in [-0.3, -0.25) is 0 Å². The average Bonchev–Trinajstić information content (AvgIpc) is 2.29. The Hall–Kier alpha value is -0.930. The van der Waals surface area contributed by atoms with Gasteiger partial charge in [0.1, 0.15) is 5.82 Å². The van der Waals surface area contributed by atoms with E-state index in [1.54, 1.807) is 19.2 Å².